The smallest absolute Gasteiger partial charge is 0.273 e. The van der Waals surface area contributed by atoms with E-state index in [0.29, 0.717) is 11.1 Å². The number of Topliss-reactive ketones (excluding diaryl/α,β-unsaturated/α-hetero) is 1. The molecule has 116 valence electrons. The lowest BCUT2D eigenvalue weighted by atomic mass is 10.1. The molecule has 0 aliphatic carbocycles. The van der Waals surface area contributed by atoms with Gasteiger partial charge in [-0.2, -0.15) is 4.57 Å². The Morgan fingerprint density at radius 2 is 1.82 bits per heavy atom. The van der Waals surface area contributed by atoms with Crippen LogP contribution < -0.4 is 21.5 Å². The van der Waals surface area contributed by atoms with Gasteiger partial charge >= 0.3 is 0 Å². The molecule has 22 heavy (non-hydrogen) atoms. The van der Waals surface area contributed by atoms with Gasteiger partial charge < -0.3 is 17.0 Å². The van der Waals surface area contributed by atoms with Crippen molar-refractivity contribution >= 4 is 43.3 Å². The Morgan fingerprint density at radius 1 is 1.23 bits per heavy atom. The summed E-state index contributed by atoms with van der Waals surface area (Å²) in [7, 11) is 0. The van der Waals surface area contributed by atoms with Crippen LogP contribution >= 0.6 is 31.9 Å². The average Bonchev–Trinajstić information content (AvgIpc) is 2.37. The number of aryl methyl sites for hydroxylation is 1. The van der Waals surface area contributed by atoms with E-state index in [-0.39, 0.29) is 35.0 Å². The first-order chi connectivity index (χ1) is 9.86. The molecule has 1 heterocycles. The van der Waals surface area contributed by atoms with Gasteiger partial charge in [-0.1, -0.05) is 12.1 Å². The van der Waals surface area contributed by atoms with Crippen LogP contribution in [0.3, 0.4) is 0 Å². The number of pyridine rings is 1. The summed E-state index contributed by atoms with van der Waals surface area (Å²) >= 11 is 6.70. The van der Waals surface area contributed by atoms with Crippen LogP contribution in [0.1, 0.15) is 15.9 Å². The molecule has 0 bridgehead atoms. The zero-order valence-corrected chi connectivity index (χ0v) is 16.2. The van der Waals surface area contributed by atoms with Gasteiger partial charge in [0.2, 0.25) is 12.3 Å². The van der Waals surface area contributed by atoms with Crippen LogP contribution in [0.15, 0.2) is 45.6 Å². The first kappa shape index (κ1) is 18.9. The molecule has 0 spiro atoms. The van der Waals surface area contributed by atoms with E-state index in [4.69, 9.17) is 0 Å². The number of nitro groups is 1. The van der Waals surface area contributed by atoms with Crippen LogP contribution in [0.4, 0.5) is 5.69 Å². The van der Waals surface area contributed by atoms with Crippen molar-refractivity contribution in [3.05, 3.63) is 66.8 Å². The predicted octanol–water partition coefficient (Wildman–Crippen LogP) is 0.603. The normalized spacial score (nSPS) is 9.95. The van der Waals surface area contributed by atoms with E-state index >= 15 is 0 Å². The molecule has 0 saturated carbocycles. The fourth-order valence-corrected chi connectivity index (χ4v) is 3.21. The van der Waals surface area contributed by atoms with E-state index < -0.39 is 4.92 Å². The number of rotatable bonds is 4. The highest BCUT2D eigenvalue weighted by molar-refractivity contribution is 9.11. The van der Waals surface area contributed by atoms with Gasteiger partial charge in [-0.3, -0.25) is 14.9 Å². The zero-order valence-electron chi connectivity index (χ0n) is 11.4. The van der Waals surface area contributed by atoms with Crippen molar-refractivity contribution in [3.63, 3.8) is 0 Å². The molecule has 0 amide bonds. The molecule has 0 unspecified atom stereocenters. The van der Waals surface area contributed by atoms with Gasteiger partial charge in [-0.05, 0) is 44.8 Å². The number of hydrogen-bond acceptors (Lipinski definition) is 3. The largest absolute Gasteiger partial charge is 1.00 e. The number of carbonyl (C=O) groups is 1. The van der Waals surface area contributed by atoms with Crippen LogP contribution in [0.2, 0.25) is 0 Å². The van der Waals surface area contributed by atoms with Gasteiger partial charge in [0.1, 0.15) is 0 Å². The highest BCUT2D eigenvalue weighted by atomic mass is 79.9. The second-order valence-electron chi connectivity index (χ2n) is 4.53. The number of carbonyl (C=O) groups excluding carboxylic acids is 1. The Morgan fingerprint density at radius 3 is 2.36 bits per heavy atom. The van der Waals surface area contributed by atoms with E-state index in [1.165, 1.54) is 6.07 Å². The highest BCUT2D eigenvalue weighted by Gasteiger charge is 2.18. The Bertz CT molecular complexity index is 715. The minimum atomic E-state index is -0.477. The molecule has 2 rings (SSSR count). The van der Waals surface area contributed by atoms with Crippen LogP contribution in [0.25, 0.3) is 0 Å². The van der Waals surface area contributed by atoms with Crippen molar-refractivity contribution in [2.75, 3.05) is 0 Å². The summed E-state index contributed by atoms with van der Waals surface area (Å²) < 4.78 is 3.38. The van der Waals surface area contributed by atoms with Crippen molar-refractivity contribution in [3.8, 4) is 0 Å². The maximum absolute atomic E-state index is 12.2. The Hall–Kier alpha value is -1.12. The molecule has 1 aromatic heterocycles. The standard InChI is InChI=1S/C14H11Br2N2O3.BrH/c1-9-2-3-10(4-13(9)18(20)21)14(19)8-17-6-11(15)5-12(16)7-17;/h2-7H,8H2,1H3;1H/q+1;/p-1. The lowest BCUT2D eigenvalue weighted by Crippen LogP contribution is -3.00. The number of aromatic nitrogens is 1. The van der Waals surface area contributed by atoms with Crippen LogP contribution in [-0.2, 0) is 6.54 Å². The second kappa shape index (κ2) is 7.94. The van der Waals surface area contributed by atoms with Crippen molar-refractivity contribution < 1.29 is 31.3 Å². The maximum Gasteiger partial charge on any atom is 0.273 e. The summed E-state index contributed by atoms with van der Waals surface area (Å²) in [5.74, 6) is -0.187. The van der Waals surface area contributed by atoms with Gasteiger partial charge in [0.25, 0.3) is 5.69 Å². The monoisotopic (exact) mass is 492 g/mol. The quantitative estimate of drug-likeness (QED) is 0.271. The topological polar surface area (TPSA) is 64.1 Å². The third kappa shape index (κ3) is 4.69. The fourth-order valence-electron chi connectivity index (χ4n) is 1.89. The number of halogens is 3. The summed E-state index contributed by atoms with van der Waals surface area (Å²) in [5, 5.41) is 10.9. The lowest BCUT2D eigenvalue weighted by molar-refractivity contribution is -0.684. The summed E-state index contributed by atoms with van der Waals surface area (Å²) in [6.45, 7) is 1.75. The Kier molecular flexibility index (Phi) is 6.83. The molecular formula is C14H11Br3N2O3. The Labute approximate surface area is 154 Å². The van der Waals surface area contributed by atoms with Crippen LogP contribution in [-0.4, -0.2) is 10.7 Å². The molecule has 5 nitrogen and oxygen atoms in total. The number of benzene rings is 1. The molecule has 0 saturated heterocycles. The summed E-state index contributed by atoms with van der Waals surface area (Å²) in [5.41, 5.74) is 0.826. The molecule has 0 atom stereocenters. The molecule has 0 aliphatic heterocycles. The van der Waals surface area contributed by atoms with Gasteiger partial charge in [0.05, 0.1) is 13.9 Å². The molecule has 0 radical (unpaired) electrons. The summed E-state index contributed by atoms with van der Waals surface area (Å²) in [6.07, 6.45) is 3.54. The minimum absolute atomic E-state index is 0. The predicted molar refractivity (Wildman–Crippen MR) is 84.2 cm³/mol. The molecular weight excluding hydrogens is 484 g/mol. The first-order valence-corrected chi connectivity index (χ1v) is 7.59. The fraction of sp³-hybridized carbons (Fsp3) is 0.143. The number of nitrogens with zero attached hydrogens (tertiary/aromatic N) is 2. The van der Waals surface area contributed by atoms with E-state index in [9.17, 15) is 14.9 Å². The van der Waals surface area contributed by atoms with Crippen molar-refractivity contribution in [1.82, 2.24) is 0 Å². The average molecular weight is 495 g/mol. The second-order valence-corrected chi connectivity index (χ2v) is 6.36. The third-order valence-electron chi connectivity index (χ3n) is 2.91. The highest BCUT2D eigenvalue weighted by Crippen LogP contribution is 2.20. The molecule has 8 heteroatoms. The van der Waals surface area contributed by atoms with E-state index in [0.717, 1.165) is 8.95 Å². The van der Waals surface area contributed by atoms with E-state index in [2.05, 4.69) is 31.9 Å². The summed E-state index contributed by atoms with van der Waals surface area (Å²) in [6, 6.07) is 6.38. The lowest BCUT2D eigenvalue weighted by Gasteiger charge is -2.02. The Balaban J connectivity index is 0.00000242. The van der Waals surface area contributed by atoms with Crippen molar-refractivity contribution in [1.29, 1.82) is 0 Å². The third-order valence-corrected chi connectivity index (χ3v) is 3.78. The van der Waals surface area contributed by atoms with Crippen molar-refractivity contribution in [2.24, 2.45) is 0 Å². The molecule has 1 aromatic carbocycles. The number of nitro benzene ring substituents is 1. The van der Waals surface area contributed by atoms with Crippen LogP contribution in [0, 0.1) is 17.0 Å². The van der Waals surface area contributed by atoms with E-state index in [1.807, 2.05) is 6.07 Å². The molecule has 0 N–H and O–H groups in total. The van der Waals surface area contributed by atoms with Crippen LogP contribution in [0.5, 0.6) is 0 Å². The molecule has 2 aromatic rings. The number of ketones is 1. The van der Waals surface area contributed by atoms with E-state index in [1.54, 1.807) is 36.0 Å². The molecule has 0 fully saturated rings. The zero-order chi connectivity index (χ0) is 15.6. The number of hydrogen-bond donors (Lipinski definition) is 0. The summed E-state index contributed by atoms with van der Waals surface area (Å²) in [4.78, 5) is 22.7. The van der Waals surface area contributed by atoms with Crippen molar-refractivity contribution in [2.45, 2.75) is 13.5 Å². The minimum Gasteiger partial charge on any atom is -1.00 e. The SMILES string of the molecule is Cc1ccc(C(=O)C[n+]2cc(Br)cc(Br)c2)cc1[N+](=O)[O-].[Br-]. The van der Waals surface area contributed by atoms with Gasteiger partial charge in [-0.15, -0.1) is 0 Å². The maximum atomic E-state index is 12.2. The van der Waals surface area contributed by atoms with Gasteiger partial charge in [-0.25, -0.2) is 0 Å². The molecule has 0 aliphatic rings. The van der Waals surface area contributed by atoms with Gasteiger partial charge in [0.15, 0.2) is 12.4 Å². The van der Waals surface area contributed by atoms with Gasteiger partial charge in [0, 0.05) is 17.2 Å². The first-order valence-electron chi connectivity index (χ1n) is 6.00.